The third-order valence-corrected chi connectivity index (χ3v) is 5.55. The van der Waals surface area contributed by atoms with E-state index in [9.17, 15) is 9.59 Å². The van der Waals surface area contributed by atoms with Gasteiger partial charge in [-0.2, -0.15) is 0 Å². The maximum Gasteiger partial charge on any atom is 0.335 e. The van der Waals surface area contributed by atoms with Crippen LogP contribution in [0.15, 0.2) is 24.3 Å². The molecule has 1 aromatic carbocycles. The highest BCUT2D eigenvalue weighted by Crippen LogP contribution is 2.31. The second-order valence-corrected chi connectivity index (χ2v) is 7.18. The van der Waals surface area contributed by atoms with Crippen molar-refractivity contribution >= 4 is 11.9 Å². The summed E-state index contributed by atoms with van der Waals surface area (Å²) in [6, 6.07) is 7.13. The van der Waals surface area contributed by atoms with Gasteiger partial charge in [-0.15, -0.1) is 0 Å². The average molecular weight is 329 g/mol. The summed E-state index contributed by atoms with van der Waals surface area (Å²) >= 11 is 0. The third-order valence-electron chi connectivity index (χ3n) is 5.55. The van der Waals surface area contributed by atoms with Crippen LogP contribution in [0.25, 0.3) is 0 Å². The highest BCUT2D eigenvalue weighted by molar-refractivity contribution is 5.96. The molecule has 0 aromatic heterocycles. The Balaban J connectivity index is 1.82. The van der Waals surface area contributed by atoms with Gasteiger partial charge in [0.25, 0.3) is 5.91 Å². The SMILES string of the molecule is O=C(O)c1ccc(C(=O)N(C2CCCCC2)C2CCCCC2)cc1. The number of hydrogen-bond acceptors (Lipinski definition) is 2. The molecule has 0 heterocycles. The van der Waals surface area contributed by atoms with Gasteiger partial charge in [-0.05, 0) is 49.9 Å². The molecule has 4 nitrogen and oxygen atoms in total. The van der Waals surface area contributed by atoms with Crippen LogP contribution in [0.1, 0.15) is 84.9 Å². The first-order valence-corrected chi connectivity index (χ1v) is 9.33. The molecule has 1 aromatic rings. The number of rotatable bonds is 4. The fourth-order valence-electron chi connectivity index (χ4n) is 4.25. The molecule has 130 valence electrons. The molecule has 0 atom stereocenters. The lowest BCUT2D eigenvalue weighted by Crippen LogP contribution is -2.48. The van der Waals surface area contributed by atoms with Crippen molar-refractivity contribution in [3.63, 3.8) is 0 Å². The van der Waals surface area contributed by atoms with Crippen molar-refractivity contribution < 1.29 is 14.7 Å². The van der Waals surface area contributed by atoms with Crippen molar-refractivity contribution in [1.82, 2.24) is 4.90 Å². The number of aromatic carboxylic acids is 1. The molecule has 1 N–H and O–H groups in total. The number of amides is 1. The zero-order valence-electron chi connectivity index (χ0n) is 14.2. The summed E-state index contributed by atoms with van der Waals surface area (Å²) < 4.78 is 0. The summed E-state index contributed by atoms with van der Waals surface area (Å²) in [5.74, 6) is -0.865. The zero-order chi connectivity index (χ0) is 16.9. The number of carboxylic acids is 1. The molecule has 0 spiro atoms. The molecule has 0 bridgehead atoms. The van der Waals surface area contributed by atoms with Crippen molar-refractivity contribution in [3.05, 3.63) is 35.4 Å². The molecule has 0 radical (unpaired) electrons. The Labute approximate surface area is 143 Å². The quantitative estimate of drug-likeness (QED) is 0.885. The number of benzene rings is 1. The number of nitrogens with zero attached hydrogens (tertiary/aromatic N) is 1. The number of carbonyl (C=O) groups is 2. The van der Waals surface area contributed by atoms with Crippen molar-refractivity contribution in [2.24, 2.45) is 0 Å². The van der Waals surface area contributed by atoms with E-state index >= 15 is 0 Å². The highest BCUT2D eigenvalue weighted by atomic mass is 16.4. The summed E-state index contributed by atoms with van der Waals surface area (Å²) in [4.78, 5) is 26.4. The van der Waals surface area contributed by atoms with E-state index in [1.165, 1.54) is 50.7 Å². The first-order valence-electron chi connectivity index (χ1n) is 9.33. The van der Waals surface area contributed by atoms with E-state index in [2.05, 4.69) is 4.90 Å². The Bertz CT molecular complexity index is 551. The van der Waals surface area contributed by atoms with Crippen molar-refractivity contribution in [2.75, 3.05) is 0 Å². The topological polar surface area (TPSA) is 57.6 Å². The lowest BCUT2D eigenvalue weighted by atomic mass is 9.88. The molecule has 2 fully saturated rings. The summed E-state index contributed by atoms with van der Waals surface area (Å²) in [6.07, 6.45) is 11.8. The van der Waals surface area contributed by atoms with Crippen LogP contribution in [0.2, 0.25) is 0 Å². The Morgan fingerprint density at radius 2 is 1.17 bits per heavy atom. The van der Waals surface area contributed by atoms with Crippen LogP contribution in [0.5, 0.6) is 0 Å². The Hall–Kier alpha value is -1.84. The minimum Gasteiger partial charge on any atom is -0.478 e. The van der Waals surface area contributed by atoms with E-state index in [0.29, 0.717) is 17.6 Å². The Morgan fingerprint density at radius 3 is 1.58 bits per heavy atom. The van der Waals surface area contributed by atoms with Crippen LogP contribution < -0.4 is 0 Å². The minimum absolute atomic E-state index is 0.0886. The van der Waals surface area contributed by atoms with Gasteiger partial charge in [0.05, 0.1) is 5.56 Å². The smallest absolute Gasteiger partial charge is 0.335 e. The van der Waals surface area contributed by atoms with Crippen molar-refractivity contribution in [2.45, 2.75) is 76.3 Å². The molecule has 0 unspecified atom stereocenters. The van der Waals surface area contributed by atoms with Gasteiger partial charge in [-0.3, -0.25) is 4.79 Å². The summed E-state index contributed by atoms with van der Waals surface area (Å²) in [5, 5.41) is 9.04. The van der Waals surface area contributed by atoms with Gasteiger partial charge >= 0.3 is 5.97 Å². The fourth-order valence-corrected chi connectivity index (χ4v) is 4.25. The van der Waals surface area contributed by atoms with E-state index < -0.39 is 5.97 Å². The van der Waals surface area contributed by atoms with Gasteiger partial charge in [-0.25, -0.2) is 4.79 Å². The third kappa shape index (κ3) is 3.80. The Kier molecular flexibility index (Phi) is 5.54. The van der Waals surface area contributed by atoms with Gasteiger partial charge in [0, 0.05) is 17.6 Å². The minimum atomic E-state index is -0.953. The molecule has 1 amide bonds. The summed E-state index contributed by atoms with van der Waals surface area (Å²) in [6.45, 7) is 0. The maximum atomic E-state index is 13.2. The number of hydrogen-bond donors (Lipinski definition) is 1. The van der Waals surface area contributed by atoms with Crippen molar-refractivity contribution in [1.29, 1.82) is 0 Å². The van der Waals surface area contributed by atoms with Gasteiger partial charge in [0.1, 0.15) is 0 Å². The maximum absolute atomic E-state index is 13.2. The van der Waals surface area contributed by atoms with E-state index in [0.717, 1.165) is 25.7 Å². The molecular weight excluding hydrogens is 302 g/mol. The normalized spacial score (nSPS) is 19.8. The Morgan fingerprint density at radius 1 is 0.750 bits per heavy atom. The van der Waals surface area contributed by atoms with Gasteiger partial charge < -0.3 is 10.0 Å². The predicted molar refractivity (Wildman–Crippen MR) is 93.3 cm³/mol. The summed E-state index contributed by atoms with van der Waals surface area (Å²) in [7, 11) is 0. The number of carbonyl (C=O) groups excluding carboxylic acids is 1. The predicted octanol–water partition coefficient (Wildman–Crippen LogP) is 4.49. The largest absolute Gasteiger partial charge is 0.478 e. The molecule has 2 aliphatic rings. The van der Waals surface area contributed by atoms with Gasteiger partial charge in [0.2, 0.25) is 0 Å². The van der Waals surface area contributed by atoms with Crippen molar-refractivity contribution in [3.8, 4) is 0 Å². The molecule has 24 heavy (non-hydrogen) atoms. The van der Waals surface area contributed by atoms with E-state index in [1.54, 1.807) is 12.1 Å². The molecule has 3 rings (SSSR count). The molecule has 4 heteroatoms. The number of carboxylic acid groups (broad SMARTS) is 1. The van der Waals surface area contributed by atoms with Gasteiger partial charge in [0.15, 0.2) is 0 Å². The summed E-state index contributed by atoms with van der Waals surface area (Å²) in [5.41, 5.74) is 0.851. The molecule has 2 aliphatic carbocycles. The standard InChI is InChI=1S/C20H27NO3/c22-19(15-11-13-16(14-12-15)20(23)24)21(17-7-3-1-4-8-17)18-9-5-2-6-10-18/h11-14,17-18H,1-10H2,(H,23,24). The van der Waals surface area contributed by atoms with Crippen LogP contribution in [-0.2, 0) is 0 Å². The second kappa shape index (κ2) is 7.82. The molecular formula is C20H27NO3. The second-order valence-electron chi connectivity index (χ2n) is 7.18. The molecule has 0 aliphatic heterocycles. The van der Waals surface area contributed by atoms with E-state index in [4.69, 9.17) is 5.11 Å². The molecule has 2 saturated carbocycles. The average Bonchev–Trinajstić information content (AvgIpc) is 2.64. The van der Waals surface area contributed by atoms with Crippen LogP contribution in [-0.4, -0.2) is 34.0 Å². The van der Waals surface area contributed by atoms with Crippen LogP contribution in [0, 0.1) is 0 Å². The van der Waals surface area contributed by atoms with E-state index in [-0.39, 0.29) is 11.5 Å². The first-order chi connectivity index (χ1) is 11.7. The van der Waals surface area contributed by atoms with E-state index in [1.807, 2.05) is 0 Å². The van der Waals surface area contributed by atoms with Crippen LogP contribution in [0.3, 0.4) is 0 Å². The van der Waals surface area contributed by atoms with Crippen LogP contribution in [0.4, 0.5) is 0 Å². The fraction of sp³-hybridized carbons (Fsp3) is 0.600. The van der Waals surface area contributed by atoms with Gasteiger partial charge in [-0.1, -0.05) is 38.5 Å². The van der Waals surface area contributed by atoms with Crippen LogP contribution >= 0.6 is 0 Å². The monoisotopic (exact) mass is 329 g/mol. The molecule has 0 saturated heterocycles. The lowest BCUT2D eigenvalue weighted by molar-refractivity contribution is 0.0448. The zero-order valence-corrected chi connectivity index (χ0v) is 14.2. The highest BCUT2D eigenvalue weighted by Gasteiger charge is 2.32. The lowest BCUT2D eigenvalue weighted by Gasteiger charge is -2.42. The first kappa shape index (κ1) is 17.0.